The molecule has 1 amide bonds. The Balaban J connectivity index is 0.00000272. The molecule has 6 nitrogen and oxygen atoms in total. The van der Waals surface area contributed by atoms with Crippen molar-refractivity contribution in [1.82, 2.24) is 9.55 Å². The fourth-order valence-electron chi connectivity index (χ4n) is 3.93. The number of imidazole rings is 1. The summed E-state index contributed by atoms with van der Waals surface area (Å²) in [6.45, 7) is 10.7. The second kappa shape index (κ2) is 8.48. The van der Waals surface area contributed by atoms with Crippen LogP contribution in [0.25, 0.3) is 15.9 Å². The lowest BCUT2D eigenvalue weighted by Gasteiger charge is -2.29. The number of hydrogen-bond donors (Lipinski definition) is 2. The molecule has 1 aliphatic carbocycles. The van der Waals surface area contributed by atoms with Crippen LogP contribution >= 0.6 is 0 Å². The lowest BCUT2D eigenvalue weighted by molar-refractivity contribution is -0.120. The highest BCUT2D eigenvalue weighted by molar-refractivity contribution is 5.93. The Bertz CT molecular complexity index is 1170. The van der Waals surface area contributed by atoms with Crippen molar-refractivity contribution >= 4 is 28.6 Å². The summed E-state index contributed by atoms with van der Waals surface area (Å²) in [5, 5.41) is 13.5. The maximum Gasteiger partial charge on any atom is 0.229 e. The molecule has 0 radical (unpaired) electrons. The van der Waals surface area contributed by atoms with E-state index in [9.17, 15) is 14.3 Å². The summed E-state index contributed by atoms with van der Waals surface area (Å²) in [5.74, 6) is -0.619. The molecule has 1 heterocycles. The van der Waals surface area contributed by atoms with Crippen molar-refractivity contribution in [2.45, 2.75) is 58.6 Å². The molecule has 1 fully saturated rings. The molecule has 0 spiro atoms. The predicted molar refractivity (Wildman–Crippen MR) is 120 cm³/mol. The quantitative estimate of drug-likeness (QED) is 0.523. The zero-order chi connectivity index (χ0) is 21.5. The van der Waals surface area contributed by atoms with Gasteiger partial charge >= 0.3 is 0 Å². The minimum Gasteiger partial charge on any atom is -0.385 e. The van der Waals surface area contributed by atoms with Gasteiger partial charge < -0.3 is 9.67 Å². The molecule has 2 aromatic carbocycles. The van der Waals surface area contributed by atoms with E-state index in [2.05, 4.69) is 15.1 Å². The smallest absolute Gasteiger partial charge is 0.229 e. The maximum absolute atomic E-state index is 14.1. The Hall–Kier alpha value is -3.24. The minimum atomic E-state index is -1.66. The van der Waals surface area contributed by atoms with Gasteiger partial charge in [0, 0.05) is 11.6 Å². The van der Waals surface area contributed by atoms with Crippen molar-refractivity contribution in [1.29, 1.82) is 0 Å². The van der Waals surface area contributed by atoms with Crippen LogP contribution in [0, 0.1) is 19.3 Å². The first kappa shape index (κ1) is 22.4. The van der Waals surface area contributed by atoms with Gasteiger partial charge in [-0.15, -0.1) is 0 Å². The van der Waals surface area contributed by atoms with E-state index in [-0.39, 0.29) is 25.5 Å². The van der Waals surface area contributed by atoms with Crippen LogP contribution < -0.4 is 5.32 Å². The SMILES string of the molecule is C.[C-]#[N+]c1cc2c(cc1C)nc(NC(=O)C[C@](C)(O)c1ccccc1F)n2C1CCC1. The van der Waals surface area contributed by atoms with Crippen LogP contribution in [0.2, 0.25) is 0 Å². The summed E-state index contributed by atoms with van der Waals surface area (Å²) in [6.07, 6.45) is 2.74. The van der Waals surface area contributed by atoms with Crippen molar-refractivity contribution < 1.29 is 14.3 Å². The normalized spacial score (nSPS) is 15.5. The Morgan fingerprint density at radius 1 is 1.39 bits per heavy atom. The molecule has 1 saturated carbocycles. The fraction of sp³-hybridized carbons (Fsp3) is 0.375. The van der Waals surface area contributed by atoms with E-state index in [1.54, 1.807) is 6.07 Å². The highest BCUT2D eigenvalue weighted by atomic mass is 19.1. The van der Waals surface area contributed by atoms with E-state index in [1.165, 1.54) is 25.1 Å². The molecular formula is C24H27FN4O2. The molecular weight excluding hydrogens is 395 g/mol. The van der Waals surface area contributed by atoms with E-state index in [0.717, 1.165) is 30.3 Å². The fourth-order valence-corrected chi connectivity index (χ4v) is 3.93. The van der Waals surface area contributed by atoms with Crippen LogP contribution in [0.5, 0.6) is 0 Å². The molecule has 1 aromatic heterocycles. The highest BCUT2D eigenvalue weighted by Gasteiger charge is 2.31. The second-order valence-corrected chi connectivity index (χ2v) is 8.11. The van der Waals surface area contributed by atoms with Gasteiger partial charge in [0.25, 0.3) is 0 Å². The van der Waals surface area contributed by atoms with Gasteiger partial charge in [-0.1, -0.05) is 25.6 Å². The van der Waals surface area contributed by atoms with Gasteiger partial charge in [0.1, 0.15) is 5.82 Å². The first-order valence-electron chi connectivity index (χ1n) is 9.97. The molecule has 2 N–H and O–H groups in total. The maximum atomic E-state index is 14.1. The van der Waals surface area contributed by atoms with E-state index < -0.39 is 17.3 Å². The van der Waals surface area contributed by atoms with Gasteiger partial charge in [-0.05, 0) is 56.9 Å². The lowest BCUT2D eigenvalue weighted by Crippen LogP contribution is -2.30. The van der Waals surface area contributed by atoms with E-state index in [4.69, 9.17) is 6.57 Å². The lowest BCUT2D eigenvalue weighted by atomic mass is 9.91. The molecule has 7 heteroatoms. The number of aliphatic hydroxyl groups is 1. The Morgan fingerprint density at radius 2 is 2.10 bits per heavy atom. The topological polar surface area (TPSA) is 71.5 Å². The molecule has 31 heavy (non-hydrogen) atoms. The summed E-state index contributed by atoms with van der Waals surface area (Å²) in [6, 6.07) is 9.76. The van der Waals surface area contributed by atoms with Crippen LogP contribution in [0.3, 0.4) is 0 Å². The number of aromatic nitrogens is 2. The van der Waals surface area contributed by atoms with Crippen LogP contribution in [0.1, 0.15) is 57.2 Å². The number of rotatable bonds is 5. The van der Waals surface area contributed by atoms with Crippen LogP contribution in [-0.2, 0) is 10.4 Å². The van der Waals surface area contributed by atoms with Gasteiger partial charge in [0.15, 0.2) is 5.69 Å². The van der Waals surface area contributed by atoms with E-state index in [0.29, 0.717) is 17.2 Å². The molecule has 4 rings (SSSR count). The zero-order valence-corrected chi connectivity index (χ0v) is 16.9. The van der Waals surface area contributed by atoms with Gasteiger partial charge in [0.05, 0.1) is 29.6 Å². The number of aryl methyl sites for hydroxylation is 1. The van der Waals surface area contributed by atoms with Gasteiger partial charge in [-0.2, -0.15) is 0 Å². The largest absolute Gasteiger partial charge is 0.385 e. The standard InChI is InChI=1S/C23H23FN4O2.CH4/c1-14-11-19-20(12-18(14)25-3)28(15-7-6-8-15)22(26-19)27-21(29)13-23(2,30)16-9-4-5-10-17(16)24;/h4-5,9-12,15,30H,6-8,13H2,1-2H3,(H,26,27,29);1H4/t23-;/m0./s1. The molecule has 0 bridgehead atoms. The van der Waals surface area contributed by atoms with E-state index >= 15 is 0 Å². The minimum absolute atomic E-state index is 0. The molecule has 1 atom stereocenters. The third-order valence-electron chi connectivity index (χ3n) is 5.78. The number of carbonyl (C=O) groups excluding carboxylic acids is 1. The average Bonchev–Trinajstić information content (AvgIpc) is 2.95. The summed E-state index contributed by atoms with van der Waals surface area (Å²) < 4.78 is 16.1. The Morgan fingerprint density at radius 3 is 2.71 bits per heavy atom. The van der Waals surface area contributed by atoms with Crippen molar-refractivity contribution in [3.63, 3.8) is 0 Å². The zero-order valence-electron chi connectivity index (χ0n) is 16.9. The summed E-state index contributed by atoms with van der Waals surface area (Å²) >= 11 is 0. The van der Waals surface area contributed by atoms with Crippen LogP contribution in [0.15, 0.2) is 36.4 Å². The van der Waals surface area contributed by atoms with Gasteiger partial charge in [0.2, 0.25) is 11.9 Å². The number of nitrogens with one attached hydrogen (secondary N) is 1. The van der Waals surface area contributed by atoms with E-state index in [1.807, 2.05) is 23.6 Å². The number of benzene rings is 2. The van der Waals surface area contributed by atoms with Crippen molar-refractivity contribution in [3.8, 4) is 0 Å². The van der Waals surface area contributed by atoms with Gasteiger partial charge in [-0.3, -0.25) is 10.1 Å². The average molecular weight is 423 g/mol. The monoisotopic (exact) mass is 422 g/mol. The first-order chi connectivity index (χ1) is 14.3. The number of anilines is 1. The van der Waals surface area contributed by atoms with Crippen molar-refractivity contribution in [2.75, 3.05) is 5.32 Å². The molecule has 162 valence electrons. The molecule has 3 aromatic rings. The first-order valence-corrected chi connectivity index (χ1v) is 9.97. The third-order valence-corrected chi connectivity index (χ3v) is 5.78. The number of fused-ring (bicyclic) bond motifs is 1. The molecule has 0 aliphatic heterocycles. The molecule has 1 aliphatic rings. The predicted octanol–water partition coefficient (Wildman–Crippen LogP) is 5.63. The van der Waals surface area contributed by atoms with Crippen LogP contribution in [0.4, 0.5) is 16.0 Å². The molecule has 0 unspecified atom stereocenters. The van der Waals surface area contributed by atoms with Crippen LogP contribution in [-0.4, -0.2) is 20.6 Å². The third kappa shape index (κ3) is 4.17. The second-order valence-electron chi connectivity index (χ2n) is 8.11. The number of halogens is 1. The summed E-state index contributed by atoms with van der Waals surface area (Å²) in [7, 11) is 0. The summed E-state index contributed by atoms with van der Waals surface area (Å²) in [4.78, 5) is 20.9. The Kier molecular flexibility index (Phi) is 6.14. The van der Waals surface area contributed by atoms with Crippen molar-refractivity contribution in [3.05, 3.63) is 64.8 Å². The highest BCUT2D eigenvalue weighted by Crippen LogP contribution is 2.39. The summed E-state index contributed by atoms with van der Waals surface area (Å²) in [5.41, 5.74) is 1.33. The van der Waals surface area contributed by atoms with Crippen molar-refractivity contribution in [2.24, 2.45) is 0 Å². The van der Waals surface area contributed by atoms with Gasteiger partial charge in [-0.25, -0.2) is 14.2 Å². The number of hydrogen-bond acceptors (Lipinski definition) is 3. The molecule has 0 saturated heterocycles. The number of carbonyl (C=O) groups is 1. The Labute approximate surface area is 181 Å². The number of amides is 1. The number of nitrogens with zero attached hydrogens (tertiary/aromatic N) is 3.